The molecule has 0 radical (unpaired) electrons. The number of hydrogen-bond acceptors (Lipinski definition) is 6. The lowest BCUT2D eigenvalue weighted by molar-refractivity contribution is -0.138. The topological polar surface area (TPSA) is 94.3 Å². The summed E-state index contributed by atoms with van der Waals surface area (Å²) in [6.45, 7) is 0. The molecule has 0 aliphatic heterocycles. The Kier molecular flexibility index (Phi) is 8.51. The molecule has 0 fully saturated rings. The summed E-state index contributed by atoms with van der Waals surface area (Å²) >= 11 is 0. The van der Waals surface area contributed by atoms with Gasteiger partial charge in [-0.05, 0) is 54.5 Å². The van der Waals surface area contributed by atoms with Crippen LogP contribution in [0.5, 0.6) is 0 Å². The van der Waals surface area contributed by atoms with Gasteiger partial charge < -0.3 is 9.73 Å². The minimum absolute atomic E-state index is 0.0786. The summed E-state index contributed by atoms with van der Waals surface area (Å²) in [5.74, 6) is 5.64. The molecule has 42 heavy (non-hydrogen) atoms. The van der Waals surface area contributed by atoms with E-state index < -0.39 is 23.5 Å². The molecule has 0 unspecified atom stereocenters. The van der Waals surface area contributed by atoms with Crippen molar-refractivity contribution < 1.29 is 36.1 Å². The second-order valence-electron chi connectivity index (χ2n) is 8.61. The fraction of sp³-hybridized carbons (Fsp3) is 0.143. The Balaban J connectivity index is 0.000000193. The summed E-state index contributed by atoms with van der Waals surface area (Å²) in [5, 5.41) is 23.9. The number of benzene rings is 2. The molecule has 14 heteroatoms. The lowest BCUT2D eigenvalue weighted by Crippen LogP contribution is -2.06. The summed E-state index contributed by atoms with van der Waals surface area (Å²) in [6, 6.07) is 14.2. The van der Waals surface area contributed by atoms with Gasteiger partial charge in [-0.2, -0.15) is 36.5 Å². The minimum atomic E-state index is -4.38. The van der Waals surface area contributed by atoms with Crippen LogP contribution in [0, 0.1) is 11.8 Å². The third kappa shape index (κ3) is 7.05. The van der Waals surface area contributed by atoms with Gasteiger partial charge >= 0.3 is 12.4 Å². The van der Waals surface area contributed by atoms with Crippen LogP contribution in [0.3, 0.4) is 0 Å². The summed E-state index contributed by atoms with van der Waals surface area (Å²) in [7, 11) is 3.42. The maximum absolute atomic E-state index is 12.5. The zero-order valence-corrected chi connectivity index (χ0v) is 21.8. The predicted octanol–water partition coefficient (Wildman–Crippen LogP) is 6.43. The molecule has 5 aromatic rings. The fourth-order valence-corrected chi connectivity index (χ4v) is 3.60. The Labute approximate surface area is 234 Å². The molecule has 0 bridgehead atoms. The SMILES string of the molecule is Cn1nccc1-c1cc(-c2ccc(C(F)(F)F)cc2)on1.Cn1nccc1C(C#Cc1ccc(C(F)(F)F)cc1)=NO. The molecule has 0 saturated carbocycles. The molecule has 3 heterocycles. The van der Waals surface area contributed by atoms with Crippen LogP contribution < -0.4 is 0 Å². The van der Waals surface area contributed by atoms with Gasteiger partial charge in [-0.3, -0.25) is 9.36 Å². The van der Waals surface area contributed by atoms with Gasteiger partial charge in [0, 0.05) is 43.7 Å². The van der Waals surface area contributed by atoms with Gasteiger partial charge in [0.1, 0.15) is 5.69 Å². The van der Waals surface area contributed by atoms with Crippen molar-refractivity contribution in [3.63, 3.8) is 0 Å². The Bertz CT molecular complexity index is 1730. The van der Waals surface area contributed by atoms with E-state index in [0.29, 0.717) is 28.3 Å². The van der Waals surface area contributed by atoms with Crippen molar-refractivity contribution in [1.29, 1.82) is 0 Å². The Morgan fingerprint density at radius 1 is 0.810 bits per heavy atom. The normalized spacial score (nSPS) is 11.9. The van der Waals surface area contributed by atoms with Crippen molar-refractivity contribution in [3.05, 3.63) is 102 Å². The molecule has 216 valence electrons. The molecule has 0 saturated heterocycles. The van der Waals surface area contributed by atoms with Crippen LogP contribution in [0.4, 0.5) is 26.3 Å². The number of rotatable bonds is 3. The molecule has 0 aliphatic carbocycles. The van der Waals surface area contributed by atoms with E-state index in [1.165, 1.54) is 35.1 Å². The first kappa shape index (κ1) is 29.7. The number of aromatic nitrogens is 5. The maximum Gasteiger partial charge on any atom is 0.416 e. The van der Waals surface area contributed by atoms with E-state index in [1.807, 2.05) is 0 Å². The standard InChI is InChI=1S/2C14H10F3N3O/c1-20-12(6-7-18-20)11-8-13(21-19-11)9-2-4-10(5-3-9)14(15,16)17;1-20-13(8-9-18-20)12(19-21)7-4-10-2-5-11(6-3-10)14(15,16)17/h2-8H,1H3;2-3,5-6,8-9,21H,1H3. The highest BCUT2D eigenvalue weighted by Crippen LogP contribution is 2.32. The minimum Gasteiger partial charge on any atom is -0.410 e. The molecule has 0 spiro atoms. The van der Waals surface area contributed by atoms with Crippen molar-refractivity contribution in [2.75, 3.05) is 0 Å². The molecular formula is C28H20F6N6O2. The van der Waals surface area contributed by atoms with Gasteiger partial charge in [0.25, 0.3) is 0 Å². The molecule has 0 amide bonds. The van der Waals surface area contributed by atoms with E-state index in [4.69, 9.17) is 9.73 Å². The van der Waals surface area contributed by atoms with E-state index in [-0.39, 0.29) is 5.71 Å². The fourth-order valence-electron chi connectivity index (χ4n) is 3.60. The van der Waals surface area contributed by atoms with Crippen LogP contribution in [0.1, 0.15) is 22.4 Å². The zero-order chi connectivity index (χ0) is 30.5. The van der Waals surface area contributed by atoms with Gasteiger partial charge in [0.05, 0.1) is 22.5 Å². The second kappa shape index (κ2) is 12.0. The van der Waals surface area contributed by atoms with E-state index in [1.54, 1.807) is 43.2 Å². The van der Waals surface area contributed by atoms with Crippen molar-refractivity contribution in [3.8, 4) is 34.6 Å². The number of alkyl halides is 6. The van der Waals surface area contributed by atoms with Crippen LogP contribution in [-0.4, -0.2) is 35.6 Å². The van der Waals surface area contributed by atoms with Crippen LogP contribution in [0.15, 0.2) is 88.8 Å². The summed E-state index contributed by atoms with van der Waals surface area (Å²) < 4.78 is 83.1. The van der Waals surface area contributed by atoms with E-state index in [0.717, 1.165) is 30.0 Å². The van der Waals surface area contributed by atoms with Crippen LogP contribution in [0.25, 0.3) is 22.7 Å². The quantitative estimate of drug-likeness (QED) is 0.0865. The Morgan fingerprint density at radius 3 is 1.88 bits per heavy atom. The van der Waals surface area contributed by atoms with E-state index >= 15 is 0 Å². The highest BCUT2D eigenvalue weighted by Gasteiger charge is 2.30. The number of oxime groups is 1. The van der Waals surface area contributed by atoms with Crippen molar-refractivity contribution in [2.45, 2.75) is 12.4 Å². The smallest absolute Gasteiger partial charge is 0.410 e. The van der Waals surface area contributed by atoms with Gasteiger partial charge in [0.15, 0.2) is 11.5 Å². The summed E-state index contributed by atoms with van der Waals surface area (Å²) in [5.41, 5.74) is 1.39. The Hall–Kier alpha value is -5.32. The van der Waals surface area contributed by atoms with Crippen LogP contribution in [0.2, 0.25) is 0 Å². The lowest BCUT2D eigenvalue weighted by Gasteiger charge is -2.06. The highest BCUT2D eigenvalue weighted by atomic mass is 19.4. The number of nitrogens with zero attached hydrogens (tertiary/aromatic N) is 6. The molecule has 8 nitrogen and oxygen atoms in total. The zero-order valence-electron chi connectivity index (χ0n) is 21.8. The van der Waals surface area contributed by atoms with Crippen molar-refractivity contribution in [1.82, 2.24) is 24.7 Å². The monoisotopic (exact) mass is 586 g/mol. The van der Waals surface area contributed by atoms with E-state index in [2.05, 4.69) is 32.4 Å². The predicted molar refractivity (Wildman–Crippen MR) is 139 cm³/mol. The van der Waals surface area contributed by atoms with Gasteiger partial charge in [-0.15, -0.1) is 0 Å². The van der Waals surface area contributed by atoms with Crippen LogP contribution in [-0.2, 0) is 26.4 Å². The summed E-state index contributed by atoms with van der Waals surface area (Å²) in [6.07, 6.45) is -5.58. The third-order valence-corrected chi connectivity index (χ3v) is 5.79. The number of halogens is 6. The first-order valence-electron chi connectivity index (χ1n) is 11.9. The number of aryl methyl sites for hydroxylation is 2. The first-order valence-corrected chi connectivity index (χ1v) is 11.9. The molecular weight excluding hydrogens is 566 g/mol. The second-order valence-corrected chi connectivity index (χ2v) is 8.61. The average molecular weight is 586 g/mol. The molecule has 0 aliphatic rings. The third-order valence-electron chi connectivity index (χ3n) is 5.79. The largest absolute Gasteiger partial charge is 0.416 e. The van der Waals surface area contributed by atoms with Gasteiger partial charge in [-0.1, -0.05) is 28.4 Å². The Morgan fingerprint density at radius 2 is 1.38 bits per heavy atom. The first-order chi connectivity index (χ1) is 19.9. The van der Waals surface area contributed by atoms with Crippen LogP contribution >= 0.6 is 0 Å². The molecule has 1 N–H and O–H groups in total. The van der Waals surface area contributed by atoms with Crippen molar-refractivity contribution >= 4 is 5.71 Å². The van der Waals surface area contributed by atoms with Crippen molar-refractivity contribution in [2.24, 2.45) is 19.3 Å². The molecule has 3 aromatic heterocycles. The van der Waals surface area contributed by atoms with Gasteiger partial charge in [-0.25, -0.2) is 0 Å². The highest BCUT2D eigenvalue weighted by molar-refractivity contribution is 6.11. The van der Waals surface area contributed by atoms with E-state index in [9.17, 15) is 26.3 Å². The lowest BCUT2D eigenvalue weighted by atomic mass is 10.1. The molecule has 5 rings (SSSR count). The molecule has 2 aromatic carbocycles. The average Bonchev–Trinajstić information content (AvgIpc) is 3.70. The summed E-state index contributed by atoms with van der Waals surface area (Å²) in [4.78, 5) is 0. The maximum atomic E-state index is 12.5. The number of hydrogen-bond donors (Lipinski definition) is 1. The molecule has 0 atom stereocenters. The van der Waals surface area contributed by atoms with Gasteiger partial charge in [0.2, 0.25) is 0 Å².